The quantitative estimate of drug-likeness (QED) is 0.848. The number of hydrogen-bond donors (Lipinski definition) is 2. The molecular formula is C21H24N2O4. The van der Waals surface area contributed by atoms with Crippen LogP contribution in [0.5, 0.6) is 5.75 Å². The summed E-state index contributed by atoms with van der Waals surface area (Å²) in [6, 6.07) is 9.79. The molecule has 2 N–H and O–H groups in total. The summed E-state index contributed by atoms with van der Waals surface area (Å²) in [7, 11) is 0. The molecule has 0 bridgehead atoms. The van der Waals surface area contributed by atoms with Gasteiger partial charge >= 0.3 is 0 Å². The smallest absolute Gasteiger partial charge is 0.257 e. The Morgan fingerprint density at radius 3 is 2.67 bits per heavy atom. The summed E-state index contributed by atoms with van der Waals surface area (Å²) in [6.45, 7) is 3.54. The van der Waals surface area contributed by atoms with E-state index < -0.39 is 5.60 Å². The zero-order chi connectivity index (χ0) is 18.9. The first-order chi connectivity index (χ1) is 13.0. The molecule has 4 rings (SSSR count). The summed E-state index contributed by atoms with van der Waals surface area (Å²) in [4.78, 5) is 16.2. The van der Waals surface area contributed by atoms with Gasteiger partial charge in [-0.2, -0.15) is 0 Å². The molecule has 1 saturated heterocycles. The summed E-state index contributed by atoms with van der Waals surface area (Å²) < 4.78 is 11.5. The molecule has 2 aliphatic rings. The van der Waals surface area contributed by atoms with Gasteiger partial charge < -0.3 is 19.9 Å². The van der Waals surface area contributed by atoms with Gasteiger partial charge in [0.15, 0.2) is 0 Å². The van der Waals surface area contributed by atoms with Crippen LogP contribution in [0.4, 0.5) is 5.82 Å². The number of hydrogen-bond acceptors (Lipinski definition) is 5. The van der Waals surface area contributed by atoms with Crippen molar-refractivity contribution in [3.63, 3.8) is 0 Å². The van der Waals surface area contributed by atoms with E-state index in [0.717, 1.165) is 48.5 Å². The standard InChI is InChI=1S/C21H24N2O4/c1-14-12-15(2-3-18(14)27-17-5-10-26-11-6-17)16-4-9-22-19(13-16)23-20(24)21(25)7-8-21/h2-4,9,12-13,17,25H,5-8,10-11H2,1H3,(H,22,23,24). The maximum Gasteiger partial charge on any atom is 0.257 e. The lowest BCUT2D eigenvalue weighted by Crippen LogP contribution is -2.29. The first-order valence-corrected chi connectivity index (χ1v) is 9.39. The molecule has 27 heavy (non-hydrogen) atoms. The Balaban J connectivity index is 1.48. The Bertz CT molecular complexity index is 842. The van der Waals surface area contributed by atoms with Crippen molar-refractivity contribution in [1.82, 2.24) is 4.98 Å². The molecular weight excluding hydrogens is 344 g/mol. The number of aliphatic hydroxyl groups is 1. The van der Waals surface area contributed by atoms with Crippen molar-refractivity contribution in [1.29, 1.82) is 0 Å². The van der Waals surface area contributed by atoms with E-state index in [2.05, 4.69) is 16.4 Å². The molecule has 1 aliphatic carbocycles. The van der Waals surface area contributed by atoms with E-state index in [1.54, 1.807) is 6.20 Å². The Labute approximate surface area is 158 Å². The molecule has 1 amide bonds. The maximum absolute atomic E-state index is 12.0. The molecule has 0 atom stereocenters. The number of amides is 1. The highest BCUT2D eigenvalue weighted by Crippen LogP contribution is 2.36. The second-order valence-corrected chi connectivity index (χ2v) is 7.33. The van der Waals surface area contributed by atoms with E-state index in [4.69, 9.17) is 9.47 Å². The van der Waals surface area contributed by atoms with E-state index in [9.17, 15) is 9.90 Å². The summed E-state index contributed by atoms with van der Waals surface area (Å²) in [5, 5.41) is 12.6. The lowest BCUT2D eigenvalue weighted by Gasteiger charge is -2.24. The van der Waals surface area contributed by atoms with E-state index in [1.165, 1.54) is 0 Å². The highest BCUT2D eigenvalue weighted by atomic mass is 16.5. The molecule has 1 saturated carbocycles. The fourth-order valence-corrected chi connectivity index (χ4v) is 3.19. The molecule has 0 radical (unpaired) electrons. The second-order valence-electron chi connectivity index (χ2n) is 7.33. The molecule has 6 nitrogen and oxygen atoms in total. The number of anilines is 1. The van der Waals surface area contributed by atoms with Gasteiger partial charge in [0, 0.05) is 19.0 Å². The Morgan fingerprint density at radius 2 is 1.96 bits per heavy atom. The largest absolute Gasteiger partial charge is 0.490 e. The van der Waals surface area contributed by atoms with Gasteiger partial charge in [-0.3, -0.25) is 4.79 Å². The molecule has 1 aliphatic heterocycles. The molecule has 2 fully saturated rings. The first-order valence-electron chi connectivity index (χ1n) is 9.39. The van der Waals surface area contributed by atoms with Crippen LogP contribution in [-0.2, 0) is 9.53 Å². The van der Waals surface area contributed by atoms with Crippen molar-refractivity contribution in [2.75, 3.05) is 18.5 Å². The van der Waals surface area contributed by atoms with Gasteiger partial charge in [0.1, 0.15) is 23.3 Å². The average Bonchev–Trinajstić information content (AvgIpc) is 3.43. The van der Waals surface area contributed by atoms with Crippen LogP contribution < -0.4 is 10.1 Å². The summed E-state index contributed by atoms with van der Waals surface area (Å²) >= 11 is 0. The maximum atomic E-state index is 12.0. The second kappa shape index (κ2) is 7.29. The number of carbonyl (C=O) groups excluding carboxylic acids is 1. The molecule has 0 unspecified atom stereocenters. The lowest BCUT2D eigenvalue weighted by molar-refractivity contribution is -0.125. The van der Waals surface area contributed by atoms with Crippen LogP contribution in [0.15, 0.2) is 36.5 Å². The predicted molar refractivity (Wildman–Crippen MR) is 102 cm³/mol. The average molecular weight is 368 g/mol. The number of nitrogens with one attached hydrogen (secondary N) is 1. The fraction of sp³-hybridized carbons (Fsp3) is 0.429. The van der Waals surface area contributed by atoms with Crippen LogP contribution in [0.1, 0.15) is 31.2 Å². The van der Waals surface area contributed by atoms with Crippen molar-refractivity contribution in [2.24, 2.45) is 0 Å². The number of carbonyl (C=O) groups is 1. The van der Waals surface area contributed by atoms with E-state index in [0.29, 0.717) is 18.7 Å². The molecule has 0 spiro atoms. The SMILES string of the molecule is Cc1cc(-c2ccnc(NC(=O)C3(O)CC3)c2)ccc1OC1CCOCC1. The highest BCUT2D eigenvalue weighted by Gasteiger charge is 2.48. The van der Waals surface area contributed by atoms with Gasteiger partial charge in [0.2, 0.25) is 0 Å². The Morgan fingerprint density at radius 1 is 1.22 bits per heavy atom. The van der Waals surface area contributed by atoms with Crippen LogP contribution in [-0.4, -0.2) is 40.9 Å². The third-order valence-corrected chi connectivity index (χ3v) is 5.12. The number of aromatic nitrogens is 1. The number of nitrogens with zero attached hydrogens (tertiary/aromatic N) is 1. The minimum absolute atomic E-state index is 0.208. The molecule has 2 heterocycles. The van der Waals surface area contributed by atoms with Crippen LogP contribution in [0.3, 0.4) is 0 Å². The number of aryl methyl sites for hydroxylation is 1. The van der Waals surface area contributed by atoms with Gasteiger partial charge in [0.05, 0.1) is 13.2 Å². The third kappa shape index (κ3) is 4.12. The summed E-state index contributed by atoms with van der Waals surface area (Å²) in [5.41, 5.74) is 1.82. The Kier molecular flexibility index (Phi) is 4.85. The van der Waals surface area contributed by atoms with Crippen molar-refractivity contribution in [3.8, 4) is 16.9 Å². The predicted octanol–water partition coefficient (Wildman–Crippen LogP) is 3.08. The topological polar surface area (TPSA) is 80.7 Å². The molecule has 1 aromatic heterocycles. The third-order valence-electron chi connectivity index (χ3n) is 5.12. The van der Waals surface area contributed by atoms with E-state index in [-0.39, 0.29) is 12.0 Å². The van der Waals surface area contributed by atoms with Crippen LogP contribution in [0.25, 0.3) is 11.1 Å². The molecule has 2 aromatic rings. The fourth-order valence-electron chi connectivity index (χ4n) is 3.19. The minimum Gasteiger partial charge on any atom is -0.490 e. The summed E-state index contributed by atoms with van der Waals surface area (Å²) in [6.07, 6.45) is 4.71. The van der Waals surface area contributed by atoms with E-state index in [1.807, 2.05) is 31.2 Å². The van der Waals surface area contributed by atoms with Gasteiger partial charge in [-0.25, -0.2) is 4.98 Å². The minimum atomic E-state index is -1.21. The summed E-state index contributed by atoms with van der Waals surface area (Å²) in [5.74, 6) is 0.950. The van der Waals surface area contributed by atoms with Gasteiger partial charge in [-0.05, 0) is 60.7 Å². The highest BCUT2D eigenvalue weighted by molar-refractivity contribution is 5.98. The van der Waals surface area contributed by atoms with Crippen molar-refractivity contribution >= 4 is 11.7 Å². The zero-order valence-electron chi connectivity index (χ0n) is 15.4. The van der Waals surface area contributed by atoms with Gasteiger partial charge in [0.25, 0.3) is 5.91 Å². The lowest BCUT2D eigenvalue weighted by atomic mass is 10.0. The first kappa shape index (κ1) is 17.9. The van der Waals surface area contributed by atoms with Crippen molar-refractivity contribution in [3.05, 3.63) is 42.1 Å². The van der Waals surface area contributed by atoms with Gasteiger partial charge in [-0.15, -0.1) is 0 Å². The normalized spacial score (nSPS) is 18.7. The molecule has 142 valence electrons. The van der Waals surface area contributed by atoms with Crippen LogP contribution >= 0.6 is 0 Å². The molecule has 6 heteroatoms. The van der Waals surface area contributed by atoms with Gasteiger partial charge in [-0.1, -0.05) is 6.07 Å². The Hall–Kier alpha value is -2.44. The van der Waals surface area contributed by atoms with Crippen LogP contribution in [0.2, 0.25) is 0 Å². The number of pyridine rings is 1. The molecule has 1 aromatic carbocycles. The van der Waals surface area contributed by atoms with Crippen molar-refractivity contribution < 1.29 is 19.4 Å². The zero-order valence-corrected chi connectivity index (χ0v) is 15.4. The number of ether oxygens (including phenoxy) is 2. The van der Waals surface area contributed by atoms with E-state index >= 15 is 0 Å². The number of rotatable bonds is 5. The van der Waals surface area contributed by atoms with Crippen LogP contribution in [0, 0.1) is 6.92 Å². The van der Waals surface area contributed by atoms with Crippen molar-refractivity contribution in [2.45, 2.75) is 44.3 Å². The monoisotopic (exact) mass is 368 g/mol. The number of benzene rings is 1.